The number of aliphatic hydroxyl groups is 1. The molecule has 0 spiro atoms. The van der Waals surface area contributed by atoms with Crippen molar-refractivity contribution in [3.8, 4) is 0 Å². The zero-order valence-corrected chi connectivity index (χ0v) is 8.35. The highest BCUT2D eigenvalue weighted by atomic mass is 19.4. The fraction of sp³-hybridized carbons (Fsp3) is 1.00. The summed E-state index contributed by atoms with van der Waals surface area (Å²) in [7, 11) is 0. The third kappa shape index (κ3) is 3.48. The van der Waals surface area contributed by atoms with E-state index in [0.717, 1.165) is 25.7 Å². The van der Waals surface area contributed by atoms with E-state index >= 15 is 0 Å². The minimum Gasteiger partial charge on any atom is -0.384 e. The van der Waals surface area contributed by atoms with E-state index in [4.69, 9.17) is 5.11 Å². The van der Waals surface area contributed by atoms with Gasteiger partial charge in [-0.3, -0.25) is 0 Å². The molecule has 1 rings (SSSR count). The van der Waals surface area contributed by atoms with Crippen molar-refractivity contribution in [3.05, 3.63) is 0 Å². The highest BCUT2D eigenvalue weighted by molar-refractivity contribution is 4.75. The van der Waals surface area contributed by atoms with Gasteiger partial charge in [-0.1, -0.05) is 32.6 Å². The molecule has 0 bridgehead atoms. The molecule has 0 radical (unpaired) electrons. The maximum absolute atomic E-state index is 12.0. The average molecular weight is 210 g/mol. The molecule has 0 heterocycles. The lowest BCUT2D eigenvalue weighted by Crippen LogP contribution is -2.31. The van der Waals surface area contributed by atoms with Crippen LogP contribution < -0.4 is 0 Å². The molecule has 0 amide bonds. The first-order valence-corrected chi connectivity index (χ1v) is 5.14. The van der Waals surface area contributed by atoms with Gasteiger partial charge in [0, 0.05) is 0 Å². The molecule has 0 aromatic rings. The highest BCUT2D eigenvalue weighted by Crippen LogP contribution is 2.34. The SMILES string of the molecule is CC1CCC(C[C@@H](O)C(F)(F)F)CC1. The van der Waals surface area contributed by atoms with Crippen LogP contribution in [0.5, 0.6) is 0 Å². The van der Waals surface area contributed by atoms with Gasteiger partial charge in [-0.25, -0.2) is 0 Å². The molecule has 84 valence electrons. The van der Waals surface area contributed by atoms with Gasteiger partial charge in [0.15, 0.2) is 0 Å². The van der Waals surface area contributed by atoms with Crippen molar-refractivity contribution in [3.63, 3.8) is 0 Å². The smallest absolute Gasteiger partial charge is 0.384 e. The Morgan fingerprint density at radius 3 is 2.14 bits per heavy atom. The molecule has 1 N–H and O–H groups in total. The molecule has 0 unspecified atom stereocenters. The molecule has 1 nitrogen and oxygen atoms in total. The molecule has 1 aliphatic carbocycles. The van der Waals surface area contributed by atoms with E-state index in [-0.39, 0.29) is 12.3 Å². The van der Waals surface area contributed by atoms with Crippen LogP contribution in [0.15, 0.2) is 0 Å². The standard InChI is InChI=1S/C10H17F3O/c1-7-2-4-8(5-3-7)6-9(14)10(11,12)13/h7-9,14H,2-6H2,1H3/t7?,8?,9-/m1/s1. The van der Waals surface area contributed by atoms with Crippen LogP contribution >= 0.6 is 0 Å². The number of aliphatic hydroxyl groups excluding tert-OH is 1. The van der Waals surface area contributed by atoms with Crippen molar-refractivity contribution in [2.24, 2.45) is 11.8 Å². The number of rotatable bonds is 2. The van der Waals surface area contributed by atoms with E-state index in [1.807, 2.05) is 0 Å². The van der Waals surface area contributed by atoms with E-state index in [9.17, 15) is 13.2 Å². The van der Waals surface area contributed by atoms with Crippen LogP contribution in [-0.2, 0) is 0 Å². The summed E-state index contributed by atoms with van der Waals surface area (Å²) in [4.78, 5) is 0. The average Bonchev–Trinajstić information content (AvgIpc) is 2.07. The highest BCUT2D eigenvalue weighted by Gasteiger charge is 2.39. The van der Waals surface area contributed by atoms with Gasteiger partial charge >= 0.3 is 6.18 Å². The first-order valence-electron chi connectivity index (χ1n) is 5.14. The topological polar surface area (TPSA) is 20.2 Å². The summed E-state index contributed by atoms with van der Waals surface area (Å²) in [5.41, 5.74) is 0. The summed E-state index contributed by atoms with van der Waals surface area (Å²) in [6.07, 6.45) is -3.03. The van der Waals surface area contributed by atoms with Gasteiger partial charge in [-0.05, 0) is 18.3 Å². The molecule has 1 atom stereocenters. The number of hydrogen-bond donors (Lipinski definition) is 1. The Morgan fingerprint density at radius 2 is 1.71 bits per heavy atom. The molecule has 0 aromatic carbocycles. The molecular formula is C10H17F3O. The van der Waals surface area contributed by atoms with Gasteiger partial charge in [0.25, 0.3) is 0 Å². The van der Waals surface area contributed by atoms with Gasteiger partial charge in [0.1, 0.15) is 6.10 Å². The van der Waals surface area contributed by atoms with Gasteiger partial charge in [-0.15, -0.1) is 0 Å². The van der Waals surface area contributed by atoms with Crippen molar-refractivity contribution in [1.82, 2.24) is 0 Å². The normalized spacial score (nSPS) is 31.5. The molecule has 4 heteroatoms. The van der Waals surface area contributed by atoms with E-state index in [2.05, 4.69) is 6.92 Å². The zero-order chi connectivity index (χ0) is 10.8. The van der Waals surface area contributed by atoms with E-state index in [1.165, 1.54) is 0 Å². The van der Waals surface area contributed by atoms with Gasteiger partial charge < -0.3 is 5.11 Å². The predicted octanol–water partition coefficient (Wildman–Crippen LogP) is 3.13. The molecular weight excluding hydrogens is 193 g/mol. The largest absolute Gasteiger partial charge is 0.414 e. The van der Waals surface area contributed by atoms with E-state index in [1.54, 1.807) is 0 Å². The van der Waals surface area contributed by atoms with Gasteiger partial charge in [-0.2, -0.15) is 13.2 Å². The van der Waals surface area contributed by atoms with Crippen LogP contribution in [0.2, 0.25) is 0 Å². The Bertz CT molecular complexity index is 171. The summed E-state index contributed by atoms with van der Waals surface area (Å²) in [6.45, 7) is 2.12. The molecule has 1 aliphatic rings. The second-order valence-electron chi connectivity index (χ2n) is 4.42. The number of hydrogen-bond acceptors (Lipinski definition) is 1. The third-order valence-corrected chi connectivity index (χ3v) is 3.07. The summed E-state index contributed by atoms with van der Waals surface area (Å²) in [6, 6.07) is 0. The lowest BCUT2D eigenvalue weighted by Gasteiger charge is -2.28. The minimum absolute atomic E-state index is 0.0582. The summed E-state index contributed by atoms with van der Waals surface area (Å²) in [5.74, 6) is 0.692. The van der Waals surface area contributed by atoms with E-state index in [0.29, 0.717) is 5.92 Å². The summed E-state index contributed by atoms with van der Waals surface area (Å²) >= 11 is 0. The fourth-order valence-electron chi connectivity index (χ4n) is 2.01. The summed E-state index contributed by atoms with van der Waals surface area (Å²) < 4.78 is 36.1. The maximum Gasteiger partial charge on any atom is 0.414 e. The van der Waals surface area contributed by atoms with Crippen LogP contribution in [0.3, 0.4) is 0 Å². The van der Waals surface area contributed by atoms with Crippen LogP contribution in [0.1, 0.15) is 39.0 Å². The molecule has 1 saturated carbocycles. The lowest BCUT2D eigenvalue weighted by atomic mass is 9.80. The first kappa shape index (κ1) is 11.8. The van der Waals surface area contributed by atoms with Crippen LogP contribution in [0, 0.1) is 11.8 Å². The van der Waals surface area contributed by atoms with Crippen LogP contribution in [0.4, 0.5) is 13.2 Å². The minimum atomic E-state index is -4.44. The monoisotopic (exact) mass is 210 g/mol. The number of halogens is 3. The second-order valence-corrected chi connectivity index (χ2v) is 4.42. The van der Waals surface area contributed by atoms with Crippen LogP contribution in [0.25, 0.3) is 0 Å². The molecule has 0 aromatic heterocycles. The Kier molecular flexibility index (Phi) is 3.81. The predicted molar refractivity (Wildman–Crippen MR) is 47.8 cm³/mol. The molecule has 1 fully saturated rings. The Hall–Kier alpha value is -0.250. The molecule has 0 aliphatic heterocycles. The zero-order valence-electron chi connectivity index (χ0n) is 8.35. The Morgan fingerprint density at radius 1 is 1.21 bits per heavy atom. The lowest BCUT2D eigenvalue weighted by molar-refractivity contribution is -0.209. The third-order valence-electron chi connectivity index (χ3n) is 3.07. The van der Waals surface area contributed by atoms with Crippen molar-refractivity contribution >= 4 is 0 Å². The van der Waals surface area contributed by atoms with Crippen LogP contribution in [-0.4, -0.2) is 17.4 Å². The Labute approximate surface area is 82.3 Å². The summed E-state index contributed by atoms with van der Waals surface area (Å²) in [5, 5.41) is 8.88. The molecule has 0 saturated heterocycles. The Balaban J connectivity index is 2.31. The quantitative estimate of drug-likeness (QED) is 0.742. The van der Waals surface area contributed by atoms with Crippen molar-refractivity contribution in [2.45, 2.75) is 51.3 Å². The van der Waals surface area contributed by atoms with Gasteiger partial charge in [0.2, 0.25) is 0 Å². The van der Waals surface area contributed by atoms with Crippen molar-refractivity contribution in [1.29, 1.82) is 0 Å². The maximum atomic E-state index is 12.0. The van der Waals surface area contributed by atoms with E-state index < -0.39 is 12.3 Å². The fourth-order valence-corrected chi connectivity index (χ4v) is 2.01. The first-order chi connectivity index (χ1) is 6.39. The van der Waals surface area contributed by atoms with Crippen molar-refractivity contribution < 1.29 is 18.3 Å². The van der Waals surface area contributed by atoms with Crippen molar-refractivity contribution in [2.75, 3.05) is 0 Å². The van der Waals surface area contributed by atoms with Gasteiger partial charge in [0.05, 0.1) is 0 Å². The molecule has 14 heavy (non-hydrogen) atoms. The number of alkyl halides is 3. The second kappa shape index (κ2) is 4.51.